The van der Waals surface area contributed by atoms with Gasteiger partial charge in [0, 0.05) is 0 Å². The predicted molar refractivity (Wildman–Crippen MR) is 51.7 cm³/mol. The Morgan fingerprint density at radius 2 is 1.77 bits per heavy atom. The number of benzene rings is 1. The lowest BCUT2D eigenvalue weighted by molar-refractivity contribution is 0.597. The van der Waals surface area contributed by atoms with Gasteiger partial charge in [0.1, 0.15) is 4.90 Å². The van der Waals surface area contributed by atoms with Crippen molar-refractivity contribution in [1.29, 1.82) is 0 Å². The number of aryl methyl sites for hydroxylation is 2. The second-order valence-electron chi connectivity index (χ2n) is 3.05. The molecule has 13 heavy (non-hydrogen) atoms. The quantitative estimate of drug-likeness (QED) is 0.648. The molecule has 0 spiro atoms. The van der Waals surface area contributed by atoms with Crippen LogP contribution in [0.25, 0.3) is 0 Å². The zero-order valence-corrected chi connectivity index (χ0v) is 8.35. The van der Waals surface area contributed by atoms with E-state index in [1.165, 1.54) is 0 Å². The first-order valence-corrected chi connectivity index (χ1v) is 5.26. The standard InChI is InChI=1S/C8H12N2O2S/c1-5-3-6(2)8(7(9)4-5)13(10,11)12/h3-4H,9H2,1-2H3,(H2,10,11,12). The van der Waals surface area contributed by atoms with Crippen LogP contribution in [0.5, 0.6) is 0 Å². The number of hydrogen-bond donors (Lipinski definition) is 2. The minimum absolute atomic E-state index is 0.0260. The van der Waals surface area contributed by atoms with Gasteiger partial charge in [0.05, 0.1) is 5.69 Å². The predicted octanol–water partition coefficient (Wildman–Crippen LogP) is 0.533. The topological polar surface area (TPSA) is 86.2 Å². The number of anilines is 1. The van der Waals surface area contributed by atoms with Crippen molar-refractivity contribution in [2.24, 2.45) is 5.14 Å². The third-order valence-corrected chi connectivity index (χ3v) is 2.86. The molecule has 0 atom stereocenters. The molecule has 0 amide bonds. The smallest absolute Gasteiger partial charge is 0.240 e. The van der Waals surface area contributed by atoms with E-state index < -0.39 is 10.0 Å². The average molecular weight is 200 g/mol. The molecule has 1 rings (SSSR count). The molecule has 5 heteroatoms. The van der Waals surface area contributed by atoms with Crippen molar-refractivity contribution in [3.05, 3.63) is 23.3 Å². The lowest BCUT2D eigenvalue weighted by Crippen LogP contribution is -2.16. The van der Waals surface area contributed by atoms with Gasteiger partial charge in [-0.15, -0.1) is 0 Å². The van der Waals surface area contributed by atoms with Crippen molar-refractivity contribution in [1.82, 2.24) is 0 Å². The lowest BCUT2D eigenvalue weighted by atomic mass is 10.1. The second-order valence-corrected chi connectivity index (χ2v) is 4.54. The van der Waals surface area contributed by atoms with E-state index in [0.717, 1.165) is 5.56 Å². The van der Waals surface area contributed by atoms with Gasteiger partial charge in [0.2, 0.25) is 10.0 Å². The average Bonchev–Trinajstić information content (AvgIpc) is 1.78. The van der Waals surface area contributed by atoms with Crippen molar-refractivity contribution < 1.29 is 8.42 Å². The van der Waals surface area contributed by atoms with Crippen molar-refractivity contribution in [2.75, 3.05) is 5.73 Å². The van der Waals surface area contributed by atoms with E-state index in [-0.39, 0.29) is 10.6 Å². The Hall–Kier alpha value is -1.07. The highest BCUT2D eigenvalue weighted by atomic mass is 32.2. The number of primary sulfonamides is 1. The van der Waals surface area contributed by atoms with Crippen LogP contribution in [0.4, 0.5) is 5.69 Å². The van der Waals surface area contributed by atoms with Gasteiger partial charge in [0.15, 0.2) is 0 Å². The summed E-state index contributed by atoms with van der Waals surface area (Å²) in [5.41, 5.74) is 7.26. The summed E-state index contributed by atoms with van der Waals surface area (Å²) >= 11 is 0. The van der Waals surface area contributed by atoms with Crippen LogP contribution in [0.3, 0.4) is 0 Å². The Labute approximate surface area is 77.6 Å². The molecule has 0 unspecified atom stereocenters. The molecule has 0 heterocycles. The first-order valence-electron chi connectivity index (χ1n) is 3.72. The van der Waals surface area contributed by atoms with Gasteiger partial charge >= 0.3 is 0 Å². The van der Waals surface area contributed by atoms with Crippen LogP contribution in [-0.2, 0) is 10.0 Å². The first-order chi connectivity index (χ1) is 5.82. The summed E-state index contributed by atoms with van der Waals surface area (Å²) in [6.45, 7) is 3.51. The van der Waals surface area contributed by atoms with E-state index >= 15 is 0 Å². The van der Waals surface area contributed by atoms with Crippen molar-refractivity contribution in [3.8, 4) is 0 Å². The molecule has 4 N–H and O–H groups in total. The molecule has 0 radical (unpaired) electrons. The lowest BCUT2D eigenvalue weighted by Gasteiger charge is -2.07. The maximum absolute atomic E-state index is 11.1. The Morgan fingerprint density at radius 3 is 2.15 bits per heavy atom. The van der Waals surface area contributed by atoms with Crippen LogP contribution in [0, 0.1) is 13.8 Å². The van der Waals surface area contributed by atoms with Crippen molar-refractivity contribution in [2.45, 2.75) is 18.7 Å². The van der Waals surface area contributed by atoms with Crippen LogP contribution in [0.1, 0.15) is 11.1 Å². The SMILES string of the molecule is Cc1cc(C)c(S(N)(=O)=O)c(N)c1. The molecule has 0 aliphatic rings. The molecule has 0 aromatic heterocycles. The number of hydrogen-bond acceptors (Lipinski definition) is 3. The highest BCUT2D eigenvalue weighted by Gasteiger charge is 2.15. The highest BCUT2D eigenvalue weighted by Crippen LogP contribution is 2.22. The van der Waals surface area contributed by atoms with Crippen LogP contribution in [0.2, 0.25) is 0 Å². The summed E-state index contributed by atoms with van der Waals surface area (Å²) in [6, 6.07) is 3.32. The number of nitrogen functional groups attached to an aromatic ring is 1. The van der Waals surface area contributed by atoms with Gasteiger partial charge in [-0.2, -0.15) is 0 Å². The molecule has 1 aromatic carbocycles. The second kappa shape index (κ2) is 3.01. The maximum atomic E-state index is 11.1. The summed E-state index contributed by atoms with van der Waals surface area (Å²) in [5.74, 6) is 0. The molecule has 0 aliphatic heterocycles. The van der Waals surface area contributed by atoms with Crippen LogP contribution in [-0.4, -0.2) is 8.42 Å². The Balaban J connectivity index is 3.57. The number of rotatable bonds is 1. The summed E-state index contributed by atoms with van der Waals surface area (Å²) in [4.78, 5) is 0.0260. The van der Waals surface area contributed by atoms with Gasteiger partial charge in [-0.25, -0.2) is 13.6 Å². The van der Waals surface area contributed by atoms with Crippen LogP contribution >= 0.6 is 0 Å². The zero-order chi connectivity index (χ0) is 10.2. The van der Waals surface area contributed by atoms with E-state index in [2.05, 4.69) is 0 Å². The van der Waals surface area contributed by atoms with Crippen molar-refractivity contribution >= 4 is 15.7 Å². The van der Waals surface area contributed by atoms with E-state index in [1.807, 2.05) is 6.92 Å². The maximum Gasteiger partial charge on any atom is 0.240 e. The minimum Gasteiger partial charge on any atom is -0.398 e. The van der Waals surface area contributed by atoms with E-state index in [0.29, 0.717) is 5.56 Å². The van der Waals surface area contributed by atoms with Crippen LogP contribution in [0.15, 0.2) is 17.0 Å². The largest absolute Gasteiger partial charge is 0.398 e. The third-order valence-electron chi connectivity index (χ3n) is 1.73. The molecule has 72 valence electrons. The summed E-state index contributed by atoms with van der Waals surface area (Å²) in [6.07, 6.45) is 0. The third kappa shape index (κ3) is 1.99. The Kier molecular flexibility index (Phi) is 2.32. The van der Waals surface area contributed by atoms with E-state index in [9.17, 15) is 8.42 Å². The van der Waals surface area contributed by atoms with Crippen LogP contribution < -0.4 is 10.9 Å². The molecule has 0 bridgehead atoms. The van der Waals surface area contributed by atoms with Crippen molar-refractivity contribution in [3.63, 3.8) is 0 Å². The minimum atomic E-state index is -3.71. The molecule has 0 saturated heterocycles. The van der Waals surface area contributed by atoms with Gasteiger partial charge in [0.25, 0.3) is 0 Å². The fraction of sp³-hybridized carbons (Fsp3) is 0.250. The molecular weight excluding hydrogens is 188 g/mol. The summed E-state index contributed by atoms with van der Waals surface area (Å²) in [5, 5.41) is 5.00. The van der Waals surface area contributed by atoms with Gasteiger partial charge in [-0.1, -0.05) is 6.07 Å². The van der Waals surface area contributed by atoms with Gasteiger partial charge < -0.3 is 5.73 Å². The Morgan fingerprint density at radius 1 is 1.23 bits per heavy atom. The molecule has 1 aromatic rings. The van der Waals surface area contributed by atoms with Gasteiger partial charge in [-0.05, 0) is 31.0 Å². The van der Waals surface area contributed by atoms with Gasteiger partial charge in [-0.3, -0.25) is 0 Å². The monoisotopic (exact) mass is 200 g/mol. The first kappa shape index (κ1) is 10.0. The molecule has 0 saturated carbocycles. The normalized spacial score (nSPS) is 11.6. The molecule has 0 fully saturated rings. The fourth-order valence-electron chi connectivity index (χ4n) is 1.38. The summed E-state index contributed by atoms with van der Waals surface area (Å²) < 4.78 is 22.2. The van der Waals surface area contributed by atoms with E-state index in [4.69, 9.17) is 10.9 Å². The number of nitrogens with two attached hydrogens (primary N) is 2. The number of sulfonamides is 1. The molecule has 4 nitrogen and oxygen atoms in total. The Bertz CT molecular complexity index is 414. The molecular formula is C8H12N2O2S. The van der Waals surface area contributed by atoms with E-state index in [1.54, 1.807) is 19.1 Å². The highest BCUT2D eigenvalue weighted by molar-refractivity contribution is 7.89. The molecule has 0 aliphatic carbocycles. The summed E-state index contributed by atoms with van der Waals surface area (Å²) in [7, 11) is -3.71. The zero-order valence-electron chi connectivity index (χ0n) is 7.53. The fourth-order valence-corrected chi connectivity index (χ4v) is 2.27.